The van der Waals surface area contributed by atoms with Gasteiger partial charge in [-0.05, 0) is 43.7 Å². The van der Waals surface area contributed by atoms with E-state index in [2.05, 4.69) is 19.1 Å². The van der Waals surface area contributed by atoms with E-state index < -0.39 is 0 Å². The van der Waals surface area contributed by atoms with Crippen LogP contribution >= 0.6 is 0 Å². The van der Waals surface area contributed by atoms with Crippen LogP contribution in [0.4, 0.5) is 0 Å². The summed E-state index contributed by atoms with van der Waals surface area (Å²) in [4.78, 5) is 0. The number of benzene rings is 1. The maximum absolute atomic E-state index is 6.32. The zero-order chi connectivity index (χ0) is 13.0. The standard InChI is InChI=1S/C15H23NO2/c1-11-5-6-15(17-2)13(8-11)9-14(16)12-4-3-7-18-10-12/h5-6,8,12,14H,3-4,7,9-10,16H2,1-2H3. The summed E-state index contributed by atoms with van der Waals surface area (Å²) in [7, 11) is 1.71. The van der Waals surface area contributed by atoms with Gasteiger partial charge in [0.2, 0.25) is 0 Å². The van der Waals surface area contributed by atoms with Crippen LogP contribution in [-0.4, -0.2) is 26.4 Å². The molecule has 2 rings (SSSR count). The van der Waals surface area contributed by atoms with Crippen molar-refractivity contribution in [1.29, 1.82) is 0 Å². The Hall–Kier alpha value is -1.06. The molecule has 2 N–H and O–H groups in total. The summed E-state index contributed by atoms with van der Waals surface area (Å²) in [6.07, 6.45) is 3.16. The van der Waals surface area contributed by atoms with E-state index in [1.165, 1.54) is 17.5 Å². The fraction of sp³-hybridized carbons (Fsp3) is 0.600. The van der Waals surface area contributed by atoms with Crippen LogP contribution in [0.15, 0.2) is 18.2 Å². The molecular formula is C15H23NO2. The fourth-order valence-corrected chi connectivity index (χ4v) is 2.59. The molecule has 1 heterocycles. The number of methoxy groups -OCH3 is 1. The van der Waals surface area contributed by atoms with Crippen molar-refractivity contribution in [3.8, 4) is 5.75 Å². The Morgan fingerprint density at radius 2 is 2.33 bits per heavy atom. The number of ether oxygens (including phenoxy) is 2. The molecule has 1 aliphatic heterocycles. The minimum absolute atomic E-state index is 0.154. The minimum Gasteiger partial charge on any atom is -0.496 e. The lowest BCUT2D eigenvalue weighted by molar-refractivity contribution is 0.0449. The molecule has 1 aliphatic rings. The molecule has 3 heteroatoms. The number of hydrogen-bond donors (Lipinski definition) is 1. The molecule has 1 fully saturated rings. The number of hydrogen-bond acceptors (Lipinski definition) is 3. The van der Waals surface area contributed by atoms with Crippen molar-refractivity contribution in [2.75, 3.05) is 20.3 Å². The highest BCUT2D eigenvalue weighted by Crippen LogP contribution is 2.24. The Balaban J connectivity index is 2.05. The lowest BCUT2D eigenvalue weighted by Gasteiger charge is -2.28. The van der Waals surface area contributed by atoms with E-state index in [0.717, 1.165) is 31.8 Å². The molecular weight excluding hydrogens is 226 g/mol. The molecule has 100 valence electrons. The van der Waals surface area contributed by atoms with Gasteiger partial charge in [-0.25, -0.2) is 0 Å². The summed E-state index contributed by atoms with van der Waals surface area (Å²) >= 11 is 0. The van der Waals surface area contributed by atoms with Crippen molar-refractivity contribution < 1.29 is 9.47 Å². The molecule has 0 aromatic heterocycles. The van der Waals surface area contributed by atoms with Gasteiger partial charge in [0, 0.05) is 12.6 Å². The molecule has 1 aromatic rings. The van der Waals surface area contributed by atoms with E-state index in [4.69, 9.17) is 15.2 Å². The van der Waals surface area contributed by atoms with E-state index >= 15 is 0 Å². The Bertz CT molecular complexity index is 386. The molecule has 0 radical (unpaired) electrons. The van der Waals surface area contributed by atoms with Gasteiger partial charge in [-0.2, -0.15) is 0 Å². The predicted octanol–water partition coefficient (Wildman–Crippen LogP) is 2.30. The molecule has 3 nitrogen and oxygen atoms in total. The third-order valence-electron chi connectivity index (χ3n) is 3.69. The van der Waals surface area contributed by atoms with Gasteiger partial charge in [-0.3, -0.25) is 0 Å². The second-order valence-corrected chi connectivity index (χ2v) is 5.16. The molecule has 0 bridgehead atoms. The highest BCUT2D eigenvalue weighted by Gasteiger charge is 2.22. The van der Waals surface area contributed by atoms with E-state index in [-0.39, 0.29) is 6.04 Å². The van der Waals surface area contributed by atoms with E-state index in [0.29, 0.717) is 5.92 Å². The average molecular weight is 249 g/mol. The van der Waals surface area contributed by atoms with Gasteiger partial charge in [0.1, 0.15) is 5.75 Å². The maximum Gasteiger partial charge on any atom is 0.122 e. The summed E-state index contributed by atoms with van der Waals surface area (Å²) in [5, 5.41) is 0. The Morgan fingerprint density at radius 1 is 1.50 bits per heavy atom. The summed E-state index contributed by atoms with van der Waals surface area (Å²) in [6.45, 7) is 3.78. The van der Waals surface area contributed by atoms with Gasteiger partial charge in [0.15, 0.2) is 0 Å². The van der Waals surface area contributed by atoms with Gasteiger partial charge in [0.05, 0.1) is 13.7 Å². The molecule has 18 heavy (non-hydrogen) atoms. The highest BCUT2D eigenvalue weighted by atomic mass is 16.5. The van der Waals surface area contributed by atoms with Crippen LogP contribution in [0, 0.1) is 12.8 Å². The van der Waals surface area contributed by atoms with Crippen molar-refractivity contribution >= 4 is 0 Å². The third-order valence-corrected chi connectivity index (χ3v) is 3.69. The number of rotatable bonds is 4. The second-order valence-electron chi connectivity index (χ2n) is 5.16. The zero-order valence-electron chi connectivity index (χ0n) is 11.3. The van der Waals surface area contributed by atoms with E-state index in [1.54, 1.807) is 7.11 Å². The van der Waals surface area contributed by atoms with Crippen LogP contribution in [0.2, 0.25) is 0 Å². The Morgan fingerprint density at radius 3 is 3.00 bits per heavy atom. The van der Waals surface area contributed by atoms with Gasteiger partial charge in [0.25, 0.3) is 0 Å². The summed E-state index contributed by atoms with van der Waals surface area (Å²) < 4.78 is 10.9. The fourth-order valence-electron chi connectivity index (χ4n) is 2.59. The van der Waals surface area contributed by atoms with Gasteiger partial charge >= 0.3 is 0 Å². The van der Waals surface area contributed by atoms with Gasteiger partial charge in [-0.1, -0.05) is 17.7 Å². The number of aryl methyl sites for hydroxylation is 1. The lowest BCUT2D eigenvalue weighted by atomic mass is 9.89. The molecule has 1 saturated heterocycles. The number of nitrogens with two attached hydrogens (primary N) is 1. The average Bonchev–Trinajstić information content (AvgIpc) is 2.40. The predicted molar refractivity (Wildman–Crippen MR) is 73.0 cm³/mol. The highest BCUT2D eigenvalue weighted by molar-refractivity contribution is 5.37. The molecule has 2 unspecified atom stereocenters. The van der Waals surface area contributed by atoms with E-state index in [1.807, 2.05) is 6.07 Å². The summed E-state index contributed by atoms with van der Waals surface area (Å²) in [5.41, 5.74) is 8.77. The smallest absolute Gasteiger partial charge is 0.122 e. The van der Waals surface area contributed by atoms with Crippen molar-refractivity contribution in [3.05, 3.63) is 29.3 Å². The van der Waals surface area contributed by atoms with E-state index in [9.17, 15) is 0 Å². The largest absolute Gasteiger partial charge is 0.496 e. The molecule has 0 aliphatic carbocycles. The third kappa shape index (κ3) is 3.24. The van der Waals surface area contributed by atoms with Crippen molar-refractivity contribution in [2.24, 2.45) is 11.7 Å². The first-order chi connectivity index (χ1) is 8.70. The van der Waals surface area contributed by atoms with Gasteiger partial charge < -0.3 is 15.2 Å². The van der Waals surface area contributed by atoms with Crippen LogP contribution in [0.25, 0.3) is 0 Å². The van der Waals surface area contributed by atoms with Crippen LogP contribution in [-0.2, 0) is 11.2 Å². The molecule has 1 aromatic carbocycles. The molecule has 2 atom stereocenters. The Kier molecular flexibility index (Phi) is 4.61. The first kappa shape index (κ1) is 13.4. The monoisotopic (exact) mass is 249 g/mol. The summed E-state index contributed by atoms with van der Waals surface area (Å²) in [5.74, 6) is 1.41. The van der Waals surface area contributed by atoms with Crippen LogP contribution in [0.5, 0.6) is 5.75 Å². The normalized spacial score (nSPS) is 21.6. The molecule has 0 spiro atoms. The summed E-state index contributed by atoms with van der Waals surface area (Å²) in [6, 6.07) is 6.41. The van der Waals surface area contributed by atoms with Crippen molar-refractivity contribution in [1.82, 2.24) is 0 Å². The minimum atomic E-state index is 0.154. The molecule has 0 saturated carbocycles. The van der Waals surface area contributed by atoms with Crippen molar-refractivity contribution in [2.45, 2.75) is 32.2 Å². The maximum atomic E-state index is 6.32. The van der Waals surface area contributed by atoms with Crippen LogP contribution in [0.3, 0.4) is 0 Å². The molecule has 0 amide bonds. The first-order valence-electron chi connectivity index (χ1n) is 6.67. The van der Waals surface area contributed by atoms with Crippen LogP contribution < -0.4 is 10.5 Å². The van der Waals surface area contributed by atoms with Crippen LogP contribution in [0.1, 0.15) is 24.0 Å². The quantitative estimate of drug-likeness (QED) is 0.890. The lowest BCUT2D eigenvalue weighted by Crippen LogP contribution is -2.37. The Labute approximate surface area is 109 Å². The van der Waals surface area contributed by atoms with Gasteiger partial charge in [-0.15, -0.1) is 0 Å². The van der Waals surface area contributed by atoms with Crippen molar-refractivity contribution in [3.63, 3.8) is 0 Å². The topological polar surface area (TPSA) is 44.5 Å². The first-order valence-corrected chi connectivity index (χ1v) is 6.67. The zero-order valence-corrected chi connectivity index (χ0v) is 11.3. The SMILES string of the molecule is COc1ccc(C)cc1CC(N)C1CCCOC1. The second kappa shape index (κ2) is 6.21.